The third kappa shape index (κ3) is 9.18. The predicted octanol–water partition coefficient (Wildman–Crippen LogP) is 4.90. The number of anilines is 1. The third-order valence-corrected chi connectivity index (χ3v) is 13.7. The lowest BCUT2D eigenvalue weighted by Gasteiger charge is -2.35. The number of hydrogen-bond acceptors (Lipinski definition) is 12. The lowest BCUT2D eigenvalue weighted by atomic mass is 9.85. The van der Waals surface area contributed by atoms with Crippen LogP contribution < -0.4 is 20.3 Å². The highest BCUT2D eigenvalue weighted by Crippen LogP contribution is 2.47. The number of aromatic hydroxyl groups is 1. The number of aliphatic hydroxyl groups is 1. The molecule has 16 heteroatoms. The standard InChI is InChI=1S/C48H58F2N8O6/c1-5-34-37(49)9-6-28-20-32(60)21-35(39(28)34)41-40(50)42-36(22-51-41)44(58-23-29-7-8-30(24-58)52-29)55-46(54-42)64-27-48(14-15-48)26-56-16-11-33(12-17-56)63-19-13-38(61)53-43(47(2,3)4)45(62)57-18-10-31(59)25-57/h1,6,9,20-22,29-31,33,43,52,59-60H,7-8,10-19,23-27H2,2-4H3,(H,53,61)/t29-,30?,31?,43?/m1/s1. The molecule has 6 heterocycles. The summed E-state index contributed by atoms with van der Waals surface area (Å²) in [5, 5.41) is 28.3. The second-order valence-corrected chi connectivity index (χ2v) is 19.7. The van der Waals surface area contributed by atoms with Gasteiger partial charge in [-0.1, -0.05) is 32.8 Å². The highest BCUT2D eigenvalue weighted by Gasteiger charge is 2.46. The normalized spacial score (nSPS) is 22.8. The molecule has 64 heavy (non-hydrogen) atoms. The van der Waals surface area contributed by atoms with Crippen molar-refractivity contribution in [1.29, 1.82) is 0 Å². The van der Waals surface area contributed by atoms with Gasteiger partial charge in [-0.05, 0) is 73.9 Å². The summed E-state index contributed by atoms with van der Waals surface area (Å²) in [7, 11) is 0. The minimum absolute atomic E-state index is 0.0146. The van der Waals surface area contributed by atoms with Gasteiger partial charge in [0.05, 0.1) is 36.4 Å². The smallest absolute Gasteiger partial charge is 0.319 e. The van der Waals surface area contributed by atoms with Gasteiger partial charge >= 0.3 is 6.01 Å². The molecule has 14 nitrogen and oxygen atoms in total. The number of amides is 2. The Bertz CT molecular complexity index is 2470. The zero-order valence-electron chi connectivity index (χ0n) is 36.8. The molecule has 2 amide bonds. The number of β-amino-alcohol motifs (C(OH)–C–C–N with tert-alkyl or cyclic N) is 1. The minimum Gasteiger partial charge on any atom is -0.508 e. The lowest BCUT2D eigenvalue weighted by molar-refractivity contribution is -0.139. The van der Waals surface area contributed by atoms with Gasteiger partial charge < -0.3 is 45.0 Å². The summed E-state index contributed by atoms with van der Waals surface area (Å²) in [6, 6.07) is 5.45. The Morgan fingerprint density at radius 3 is 2.47 bits per heavy atom. The Balaban J connectivity index is 0.853. The Kier molecular flexibility index (Phi) is 12.1. The molecule has 3 unspecified atom stereocenters. The lowest BCUT2D eigenvalue weighted by Crippen LogP contribution is -2.54. The molecular weight excluding hydrogens is 823 g/mol. The van der Waals surface area contributed by atoms with E-state index in [0.717, 1.165) is 58.2 Å². The van der Waals surface area contributed by atoms with Crippen LogP contribution in [0, 0.1) is 34.8 Å². The van der Waals surface area contributed by atoms with Crippen molar-refractivity contribution in [2.24, 2.45) is 10.8 Å². The van der Waals surface area contributed by atoms with Gasteiger partial charge in [-0.15, -0.1) is 6.42 Å². The maximum atomic E-state index is 17.0. The van der Waals surface area contributed by atoms with Gasteiger partial charge in [0.2, 0.25) is 11.8 Å². The SMILES string of the molecule is C#Cc1c(F)ccc2cc(O)cc(-c3ncc4c(N5CC6CC[C@H](C5)N6)nc(OCC5(CN6CCC(OCCC(=O)NC(C(=O)N7CCC(O)C7)C(C)(C)C)CC6)CC5)nc4c3F)c12. The summed E-state index contributed by atoms with van der Waals surface area (Å²) in [6.07, 6.45) is 13.1. The number of aliphatic hydroxyl groups excluding tert-OH is 1. The number of halogens is 2. The summed E-state index contributed by atoms with van der Waals surface area (Å²) < 4.78 is 44.6. The monoisotopic (exact) mass is 880 g/mol. The van der Waals surface area contributed by atoms with E-state index in [4.69, 9.17) is 20.9 Å². The number of fused-ring (bicyclic) bond motifs is 4. The van der Waals surface area contributed by atoms with Crippen LogP contribution in [0.25, 0.3) is 32.9 Å². The average molecular weight is 881 g/mol. The molecule has 5 aliphatic rings. The fraction of sp³-hybridized carbons (Fsp3) is 0.562. The quantitative estimate of drug-likeness (QED) is 0.135. The first-order valence-electron chi connectivity index (χ1n) is 22.7. The van der Waals surface area contributed by atoms with Crippen molar-refractivity contribution in [3.05, 3.63) is 47.7 Å². The van der Waals surface area contributed by atoms with Crippen LogP contribution in [0.15, 0.2) is 30.5 Å². The molecule has 4 atom stereocenters. The fourth-order valence-corrected chi connectivity index (χ4v) is 10.0. The van der Waals surface area contributed by atoms with Crippen molar-refractivity contribution in [2.75, 3.05) is 63.9 Å². The molecule has 4 saturated heterocycles. The van der Waals surface area contributed by atoms with Crippen molar-refractivity contribution in [2.45, 2.75) is 102 Å². The van der Waals surface area contributed by atoms with Crippen LogP contribution in [0.1, 0.15) is 77.7 Å². The van der Waals surface area contributed by atoms with E-state index in [1.807, 2.05) is 20.8 Å². The number of piperidine rings is 1. The number of rotatable bonds is 13. The first kappa shape index (κ1) is 44.0. The van der Waals surface area contributed by atoms with E-state index in [9.17, 15) is 24.2 Å². The maximum Gasteiger partial charge on any atom is 0.319 e. The van der Waals surface area contributed by atoms with Crippen molar-refractivity contribution in [3.8, 4) is 35.4 Å². The summed E-state index contributed by atoms with van der Waals surface area (Å²) in [5.74, 6) is 1.01. The minimum atomic E-state index is -0.752. The van der Waals surface area contributed by atoms with Crippen LogP contribution in [0.3, 0.4) is 0 Å². The molecule has 2 bridgehead atoms. The number of ether oxygens (including phenoxy) is 2. The molecule has 4 aromatic rings. The van der Waals surface area contributed by atoms with Gasteiger partial charge in [-0.3, -0.25) is 14.6 Å². The van der Waals surface area contributed by atoms with E-state index in [1.54, 1.807) is 11.1 Å². The van der Waals surface area contributed by atoms with E-state index in [1.165, 1.54) is 24.3 Å². The molecule has 5 fully saturated rings. The molecule has 0 radical (unpaired) electrons. The number of phenolic OH excluding ortho intramolecular Hbond substituents is 1. The van der Waals surface area contributed by atoms with Gasteiger partial charge in [0.1, 0.15) is 34.6 Å². The number of aromatic nitrogens is 3. The highest BCUT2D eigenvalue weighted by atomic mass is 19.1. The maximum absolute atomic E-state index is 17.0. The average Bonchev–Trinajstić information content (AvgIpc) is 3.75. The number of pyridine rings is 1. The number of likely N-dealkylation sites (tertiary alicyclic amines) is 2. The number of nitrogens with zero attached hydrogens (tertiary/aromatic N) is 6. The molecule has 4 aliphatic heterocycles. The van der Waals surface area contributed by atoms with E-state index in [-0.39, 0.29) is 94.5 Å². The largest absolute Gasteiger partial charge is 0.508 e. The van der Waals surface area contributed by atoms with Crippen molar-refractivity contribution in [1.82, 2.24) is 35.4 Å². The number of carbonyl (C=O) groups excluding carboxylic acids is 2. The molecule has 340 valence electrons. The van der Waals surface area contributed by atoms with Crippen molar-refractivity contribution < 1.29 is 38.1 Å². The second kappa shape index (κ2) is 17.6. The Labute approximate surface area is 372 Å². The highest BCUT2D eigenvalue weighted by molar-refractivity contribution is 6.03. The van der Waals surface area contributed by atoms with Gasteiger partial charge in [-0.25, -0.2) is 8.78 Å². The van der Waals surface area contributed by atoms with E-state index in [0.29, 0.717) is 49.3 Å². The molecule has 2 aromatic carbocycles. The molecule has 2 aromatic heterocycles. The van der Waals surface area contributed by atoms with Crippen molar-refractivity contribution in [3.63, 3.8) is 0 Å². The number of terminal acetylenes is 1. The fourth-order valence-electron chi connectivity index (χ4n) is 10.0. The molecule has 1 aliphatic carbocycles. The van der Waals surface area contributed by atoms with Crippen LogP contribution in [-0.2, 0) is 14.3 Å². The summed E-state index contributed by atoms with van der Waals surface area (Å²) >= 11 is 0. The number of carbonyl (C=O) groups is 2. The number of benzene rings is 2. The molecule has 9 rings (SSSR count). The zero-order chi connectivity index (χ0) is 44.9. The summed E-state index contributed by atoms with van der Waals surface area (Å²) in [4.78, 5) is 46.5. The van der Waals surface area contributed by atoms with E-state index in [2.05, 4.69) is 36.3 Å². The van der Waals surface area contributed by atoms with Crippen LogP contribution >= 0.6 is 0 Å². The Hall–Kier alpha value is -5.21. The number of phenols is 1. The molecule has 0 spiro atoms. The van der Waals surface area contributed by atoms with Crippen LogP contribution in [0.4, 0.5) is 14.6 Å². The zero-order valence-corrected chi connectivity index (χ0v) is 36.8. The first-order chi connectivity index (χ1) is 30.7. The van der Waals surface area contributed by atoms with Gasteiger partial charge in [0.25, 0.3) is 0 Å². The number of nitrogens with one attached hydrogen (secondary N) is 2. The molecule has 4 N–H and O–H groups in total. The van der Waals surface area contributed by atoms with Gasteiger partial charge in [0.15, 0.2) is 5.82 Å². The van der Waals surface area contributed by atoms with Gasteiger partial charge in [-0.2, -0.15) is 9.97 Å². The van der Waals surface area contributed by atoms with E-state index < -0.39 is 29.2 Å². The number of piperazine rings is 1. The van der Waals surface area contributed by atoms with Crippen LogP contribution in [0.5, 0.6) is 11.8 Å². The van der Waals surface area contributed by atoms with Crippen LogP contribution in [-0.4, -0.2) is 136 Å². The molecule has 1 saturated carbocycles. The Morgan fingerprint density at radius 1 is 1.05 bits per heavy atom. The second-order valence-electron chi connectivity index (χ2n) is 19.7. The summed E-state index contributed by atoms with van der Waals surface area (Å²) in [5.41, 5.74) is -0.604. The van der Waals surface area contributed by atoms with Gasteiger partial charge in [0, 0.05) is 86.9 Å². The topological polar surface area (TPSA) is 166 Å². The predicted molar refractivity (Wildman–Crippen MR) is 238 cm³/mol. The summed E-state index contributed by atoms with van der Waals surface area (Å²) in [6.45, 7) is 11.0. The Morgan fingerprint density at radius 2 is 1.80 bits per heavy atom. The van der Waals surface area contributed by atoms with Crippen LogP contribution in [0.2, 0.25) is 0 Å². The van der Waals surface area contributed by atoms with Crippen molar-refractivity contribution >= 4 is 39.3 Å². The number of hydrogen-bond donors (Lipinski definition) is 4. The first-order valence-corrected chi connectivity index (χ1v) is 22.7. The van der Waals surface area contributed by atoms with E-state index >= 15 is 4.39 Å². The molecular formula is C48H58F2N8O6. The third-order valence-electron chi connectivity index (χ3n) is 13.7.